The maximum Gasteiger partial charge on any atom is 0.410 e. The summed E-state index contributed by atoms with van der Waals surface area (Å²) in [5, 5.41) is 16.5. The quantitative estimate of drug-likeness (QED) is 0.217. The smallest absolute Gasteiger partial charge is 0.410 e. The number of fused-ring (bicyclic) bond motifs is 3. The fraction of sp³-hybridized carbons (Fsp3) is 0.500. The Hall–Kier alpha value is -5.52. The van der Waals surface area contributed by atoms with Crippen molar-refractivity contribution in [2.45, 2.75) is 113 Å². The topological polar surface area (TPSA) is 224 Å². The number of alkyl carbamates (subject to hydrolysis) is 1. The molecule has 17 nitrogen and oxygen atoms in total. The Labute approximate surface area is 324 Å². The van der Waals surface area contributed by atoms with Gasteiger partial charge in [0.15, 0.2) is 0 Å². The summed E-state index contributed by atoms with van der Waals surface area (Å²) in [6.45, 7) is 5.52. The third-order valence-electron chi connectivity index (χ3n) is 10.3. The van der Waals surface area contributed by atoms with Gasteiger partial charge in [-0.1, -0.05) is 49.3 Å². The molecule has 1 saturated heterocycles. The van der Waals surface area contributed by atoms with Crippen LogP contribution in [-0.4, -0.2) is 88.9 Å². The van der Waals surface area contributed by atoms with Crippen molar-refractivity contribution in [3.63, 3.8) is 0 Å². The summed E-state index contributed by atoms with van der Waals surface area (Å²) in [4.78, 5) is 81.7. The van der Waals surface area contributed by atoms with Crippen molar-refractivity contribution >= 4 is 45.6 Å². The summed E-state index contributed by atoms with van der Waals surface area (Å²) in [6.07, 6.45) is 3.91. The number of sulfonamides is 1. The molecule has 5 amide bonds. The number of nitrogens with one attached hydrogen (secondary N) is 3. The molecule has 6 rings (SSSR count). The monoisotopic (exact) mass is 794 g/mol. The lowest BCUT2D eigenvalue weighted by molar-refractivity contribution is -0.384. The van der Waals surface area contributed by atoms with E-state index in [2.05, 4.69) is 10.6 Å². The second-order valence-corrected chi connectivity index (χ2v) is 17.3. The van der Waals surface area contributed by atoms with Crippen LogP contribution in [0.4, 0.5) is 15.3 Å². The molecule has 0 bridgehead atoms. The Morgan fingerprint density at radius 1 is 1.00 bits per heavy atom. The van der Waals surface area contributed by atoms with Crippen LogP contribution in [-0.2, 0) is 47.0 Å². The summed E-state index contributed by atoms with van der Waals surface area (Å²) in [5.74, 6) is -3.01. The van der Waals surface area contributed by atoms with E-state index in [-0.39, 0.29) is 31.5 Å². The number of non-ortho nitro benzene ring substituents is 1. The van der Waals surface area contributed by atoms with E-state index >= 15 is 0 Å². The van der Waals surface area contributed by atoms with Crippen LogP contribution in [0.25, 0.3) is 0 Å². The summed E-state index contributed by atoms with van der Waals surface area (Å²) < 4.78 is 39.9. The lowest BCUT2D eigenvalue weighted by Crippen LogP contribution is -2.58. The van der Waals surface area contributed by atoms with Gasteiger partial charge in [-0.2, -0.15) is 0 Å². The van der Waals surface area contributed by atoms with E-state index in [0.717, 1.165) is 35.4 Å². The van der Waals surface area contributed by atoms with E-state index in [1.54, 1.807) is 26.8 Å². The first-order valence-corrected chi connectivity index (χ1v) is 20.1. The molecular weight excluding hydrogens is 749 g/mol. The normalized spacial score (nSPS) is 25.9. The van der Waals surface area contributed by atoms with E-state index in [0.29, 0.717) is 38.8 Å². The third-order valence-corrected chi connectivity index (χ3v) is 11.6. The number of hydrogen-bond acceptors (Lipinski definition) is 11. The number of nitro groups is 1. The van der Waals surface area contributed by atoms with Crippen LogP contribution in [0.15, 0.2) is 65.6 Å². The number of hydrogen-bond donors (Lipinski definition) is 3. The number of benzene rings is 2. The first-order valence-electron chi connectivity index (χ1n) is 18.6. The molecule has 0 aromatic heterocycles. The average molecular weight is 795 g/mol. The highest BCUT2D eigenvalue weighted by atomic mass is 32.2. The Morgan fingerprint density at radius 3 is 2.32 bits per heavy atom. The summed E-state index contributed by atoms with van der Waals surface area (Å²) in [6, 6.07) is 9.20. The fourth-order valence-corrected chi connectivity index (χ4v) is 8.35. The molecule has 18 heteroatoms. The molecule has 2 fully saturated rings. The highest BCUT2D eigenvalue weighted by Crippen LogP contribution is 2.46. The second-order valence-electron chi connectivity index (χ2n) is 15.6. The molecule has 0 unspecified atom stereocenters. The van der Waals surface area contributed by atoms with E-state index < -0.39 is 85.0 Å². The van der Waals surface area contributed by atoms with Crippen LogP contribution in [0.5, 0.6) is 0 Å². The lowest BCUT2D eigenvalue weighted by atomic mass is 10.0. The van der Waals surface area contributed by atoms with Crippen LogP contribution in [0.2, 0.25) is 0 Å². The van der Waals surface area contributed by atoms with Crippen molar-refractivity contribution < 1.29 is 46.8 Å². The Bertz CT molecular complexity index is 2010. The van der Waals surface area contributed by atoms with Gasteiger partial charge in [0, 0.05) is 37.6 Å². The maximum absolute atomic E-state index is 14.4. The highest BCUT2D eigenvalue weighted by Gasteiger charge is 2.61. The molecule has 300 valence electrons. The molecule has 3 aliphatic heterocycles. The van der Waals surface area contributed by atoms with Crippen LogP contribution < -0.4 is 15.4 Å². The van der Waals surface area contributed by atoms with Crippen molar-refractivity contribution in [2.75, 3.05) is 6.54 Å². The van der Waals surface area contributed by atoms with Crippen molar-refractivity contribution in [2.24, 2.45) is 5.92 Å². The van der Waals surface area contributed by atoms with Crippen LogP contribution in [0.3, 0.4) is 0 Å². The average Bonchev–Trinajstić information content (AvgIpc) is 3.42. The number of amides is 5. The molecule has 0 radical (unpaired) electrons. The first kappa shape index (κ1) is 40.2. The second kappa shape index (κ2) is 15.9. The van der Waals surface area contributed by atoms with Crippen LogP contribution >= 0.6 is 0 Å². The van der Waals surface area contributed by atoms with Gasteiger partial charge in [0.1, 0.15) is 29.3 Å². The Morgan fingerprint density at radius 2 is 1.68 bits per heavy atom. The van der Waals surface area contributed by atoms with E-state index in [4.69, 9.17) is 9.47 Å². The number of allylic oxidation sites excluding steroid dienone is 1. The molecule has 4 aliphatic rings. The minimum Gasteiger partial charge on any atom is -0.444 e. The molecule has 3 heterocycles. The minimum absolute atomic E-state index is 0.0499. The predicted octanol–water partition coefficient (Wildman–Crippen LogP) is 3.81. The van der Waals surface area contributed by atoms with Crippen molar-refractivity contribution in [3.8, 4) is 0 Å². The molecule has 0 spiro atoms. The van der Waals surface area contributed by atoms with Crippen LogP contribution in [0, 0.1) is 16.0 Å². The molecule has 1 aliphatic carbocycles. The molecule has 56 heavy (non-hydrogen) atoms. The lowest BCUT2D eigenvalue weighted by Gasteiger charge is -2.30. The molecule has 2 aromatic carbocycles. The van der Waals surface area contributed by atoms with Gasteiger partial charge >= 0.3 is 12.2 Å². The first-order chi connectivity index (χ1) is 26.5. The van der Waals surface area contributed by atoms with E-state index in [9.17, 15) is 42.5 Å². The number of nitrogens with zero attached hydrogens (tertiary/aromatic N) is 3. The van der Waals surface area contributed by atoms with Gasteiger partial charge in [0.2, 0.25) is 11.8 Å². The van der Waals surface area contributed by atoms with Crippen LogP contribution in [0.1, 0.15) is 76.8 Å². The zero-order chi connectivity index (χ0) is 40.4. The van der Waals surface area contributed by atoms with Gasteiger partial charge in [-0.05, 0) is 69.7 Å². The van der Waals surface area contributed by atoms with Crippen molar-refractivity contribution in [1.82, 2.24) is 25.2 Å². The highest BCUT2D eigenvalue weighted by molar-refractivity contribution is 7.90. The molecule has 3 N–H and O–H groups in total. The van der Waals surface area contributed by atoms with Crippen molar-refractivity contribution in [1.29, 1.82) is 0 Å². The molecular formula is C38H46N6O11S. The standard InChI is InChI=1S/C38H46N6O11S/c1-37(2,3)55-35(48)39-30-14-8-6-4-5-7-13-26-20-38(26,34(47)41-56(52,53)29-17-15-27(16-18-29)44(50)51)40-32(45)31-19-28(23-43(31)33(30)46)54-36(49)42-21-24-11-9-10-12-25(24)22-42/h7,9-13,15-18,26,28,30-31H,4-6,8,14,19-23H2,1-3H3,(H,39,48)(H,40,45)(H,41,47)/b13-7+/t26-,28-,30+,31+,38-/m1/s1. The summed E-state index contributed by atoms with van der Waals surface area (Å²) >= 11 is 0. The SMILES string of the molecule is CC(C)(C)OC(=O)N[C@H]1CCCCC/C=C/[C@@H]2C[C@@]2(C(=O)NS(=O)(=O)c2ccc([N+](=O)[O-])cc2)NC(=O)[C@@H]2C[C@@H](OC(=O)N3Cc4ccccc4C3)CN2C1=O. The number of rotatable bonds is 6. The van der Waals surface area contributed by atoms with Crippen molar-refractivity contribution in [3.05, 3.63) is 81.9 Å². The minimum atomic E-state index is -4.53. The molecule has 1 saturated carbocycles. The Kier molecular flexibility index (Phi) is 11.4. The third kappa shape index (κ3) is 9.12. The number of ether oxygens (including phenoxy) is 2. The maximum atomic E-state index is 14.4. The number of carbonyl (C=O) groups is 5. The molecule has 5 atom stereocenters. The van der Waals surface area contributed by atoms with Gasteiger partial charge in [-0.3, -0.25) is 29.4 Å². The van der Waals surface area contributed by atoms with Gasteiger partial charge in [0.05, 0.1) is 16.4 Å². The number of carbonyl (C=O) groups excluding carboxylic acids is 5. The fourth-order valence-electron chi connectivity index (χ4n) is 7.31. The number of nitro benzene ring substituents is 1. The van der Waals surface area contributed by atoms with Gasteiger partial charge in [-0.25, -0.2) is 22.7 Å². The Balaban J connectivity index is 1.26. The molecule has 2 aromatic rings. The van der Waals surface area contributed by atoms with Gasteiger partial charge in [0.25, 0.3) is 21.6 Å². The summed E-state index contributed by atoms with van der Waals surface area (Å²) in [7, 11) is -4.53. The zero-order valence-corrected chi connectivity index (χ0v) is 32.2. The predicted molar refractivity (Wildman–Crippen MR) is 199 cm³/mol. The van der Waals surface area contributed by atoms with E-state index in [1.165, 1.54) is 9.80 Å². The largest absolute Gasteiger partial charge is 0.444 e. The zero-order valence-electron chi connectivity index (χ0n) is 31.4. The summed E-state index contributed by atoms with van der Waals surface area (Å²) in [5.41, 5.74) is -0.974. The van der Waals surface area contributed by atoms with Gasteiger partial charge < -0.3 is 25.0 Å². The van der Waals surface area contributed by atoms with Gasteiger partial charge in [-0.15, -0.1) is 0 Å². The van der Waals surface area contributed by atoms with E-state index in [1.807, 2.05) is 35.1 Å².